The van der Waals surface area contributed by atoms with E-state index in [1.54, 1.807) is 7.11 Å². The van der Waals surface area contributed by atoms with Crippen molar-refractivity contribution >= 4 is 0 Å². The minimum atomic E-state index is -0.668. The molecule has 0 aromatic carbocycles. The molecule has 0 radical (unpaired) electrons. The Morgan fingerprint density at radius 1 is 1.37 bits per heavy atom. The van der Waals surface area contributed by atoms with Crippen LogP contribution in [-0.2, 0) is 4.74 Å². The number of nitrogens with one attached hydrogen (secondary N) is 1. The second-order valence-corrected chi connectivity index (χ2v) is 7.05. The molecule has 3 heteroatoms. The van der Waals surface area contributed by atoms with Gasteiger partial charge in [-0.2, -0.15) is 0 Å². The van der Waals surface area contributed by atoms with Gasteiger partial charge in [0.2, 0.25) is 0 Å². The average molecular weight is 271 g/mol. The Hall–Kier alpha value is -0.120. The van der Waals surface area contributed by atoms with E-state index in [4.69, 9.17) is 4.74 Å². The van der Waals surface area contributed by atoms with Crippen molar-refractivity contribution in [3.63, 3.8) is 0 Å². The number of hydrogen-bond acceptors (Lipinski definition) is 3. The molecule has 19 heavy (non-hydrogen) atoms. The maximum Gasteiger partial charge on any atom is 0.0765 e. The summed E-state index contributed by atoms with van der Waals surface area (Å²) in [6.07, 6.45) is 4.59. The van der Waals surface area contributed by atoms with Crippen LogP contribution >= 0.6 is 0 Å². The quantitative estimate of drug-likeness (QED) is 0.748. The Kier molecular flexibility index (Phi) is 6.78. The van der Waals surface area contributed by atoms with E-state index in [1.807, 2.05) is 6.92 Å². The van der Waals surface area contributed by atoms with Gasteiger partial charge in [0.25, 0.3) is 0 Å². The zero-order chi connectivity index (χ0) is 14.5. The standard InChI is InChI=1S/C16H33NO2/c1-12(2)14-7-6-13(3)10-15(14)17-11-16(4,18)8-9-19-5/h12-15,17-18H,6-11H2,1-5H3. The molecular formula is C16H33NO2. The lowest BCUT2D eigenvalue weighted by molar-refractivity contribution is 0.0169. The van der Waals surface area contributed by atoms with Crippen molar-refractivity contribution in [1.82, 2.24) is 5.32 Å². The van der Waals surface area contributed by atoms with Gasteiger partial charge >= 0.3 is 0 Å². The summed E-state index contributed by atoms with van der Waals surface area (Å²) >= 11 is 0. The van der Waals surface area contributed by atoms with Crippen LogP contribution in [0.1, 0.15) is 53.4 Å². The van der Waals surface area contributed by atoms with Crippen molar-refractivity contribution in [1.29, 1.82) is 0 Å². The number of methoxy groups -OCH3 is 1. The second kappa shape index (κ2) is 7.61. The van der Waals surface area contributed by atoms with Gasteiger partial charge in [-0.05, 0) is 37.5 Å². The molecule has 1 aliphatic rings. The van der Waals surface area contributed by atoms with Gasteiger partial charge in [-0.15, -0.1) is 0 Å². The molecule has 4 unspecified atom stereocenters. The third-order valence-corrected chi connectivity index (χ3v) is 4.61. The van der Waals surface area contributed by atoms with Gasteiger partial charge in [-0.3, -0.25) is 0 Å². The lowest BCUT2D eigenvalue weighted by Crippen LogP contribution is -2.49. The molecular weight excluding hydrogens is 238 g/mol. The molecule has 0 spiro atoms. The van der Waals surface area contributed by atoms with Gasteiger partial charge in [0.15, 0.2) is 0 Å². The largest absolute Gasteiger partial charge is 0.389 e. The van der Waals surface area contributed by atoms with Gasteiger partial charge in [-0.1, -0.05) is 27.2 Å². The molecule has 0 saturated heterocycles. The summed E-state index contributed by atoms with van der Waals surface area (Å²) in [7, 11) is 1.68. The predicted molar refractivity (Wildman–Crippen MR) is 80.3 cm³/mol. The van der Waals surface area contributed by atoms with Gasteiger partial charge in [0.1, 0.15) is 0 Å². The van der Waals surface area contributed by atoms with Gasteiger partial charge in [0.05, 0.1) is 5.60 Å². The summed E-state index contributed by atoms with van der Waals surface area (Å²) in [5.41, 5.74) is -0.668. The first-order valence-corrected chi connectivity index (χ1v) is 7.80. The minimum absolute atomic E-state index is 0.553. The van der Waals surface area contributed by atoms with Crippen LogP contribution in [0.5, 0.6) is 0 Å². The van der Waals surface area contributed by atoms with Gasteiger partial charge in [-0.25, -0.2) is 0 Å². The molecule has 0 bridgehead atoms. The molecule has 1 fully saturated rings. The van der Waals surface area contributed by atoms with E-state index in [0.29, 0.717) is 31.5 Å². The van der Waals surface area contributed by atoms with Crippen LogP contribution in [0, 0.1) is 17.8 Å². The molecule has 1 aliphatic carbocycles. The zero-order valence-electron chi connectivity index (χ0n) is 13.4. The topological polar surface area (TPSA) is 41.5 Å². The molecule has 3 nitrogen and oxygen atoms in total. The highest BCUT2D eigenvalue weighted by molar-refractivity contribution is 4.87. The smallest absolute Gasteiger partial charge is 0.0765 e. The molecule has 0 aromatic heterocycles. The summed E-state index contributed by atoms with van der Waals surface area (Å²) in [6, 6.07) is 0.553. The second-order valence-electron chi connectivity index (χ2n) is 7.05. The van der Waals surface area contributed by atoms with E-state index in [9.17, 15) is 5.11 Å². The third kappa shape index (κ3) is 5.80. The maximum absolute atomic E-state index is 10.3. The summed E-state index contributed by atoms with van der Waals surface area (Å²) in [5.74, 6) is 2.26. The third-order valence-electron chi connectivity index (χ3n) is 4.61. The van der Waals surface area contributed by atoms with Gasteiger partial charge < -0.3 is 15.2 Å². The van der Waals surface area contributed by atoms with Crippen LogP contribution in [0.25, 0.3) is 0 Å². The first-order chi connectivity index (χ1) is 8.85. The van der Waals surface area contributed by atoms with E-state index in [-0.39, 0.29) is 0 Å². The van der Waals surface area contributed by atoms with E-state index in [1.165, 1.54) is 19.3 Å². The van der Waals surface area contributed by atoms with E-state index >= 15 is 0 Å². The molecule has 4 atom stereocenters. The first-order valence-electron chi connectivity index (χ1n) is 7.80. The van der Waals surface area contributed by atoms with Crippen LogP contribution in [0.3, 0.4) is 0 Å². The molecule has 0 aliphatic heterocycles. The van der Waals surface area contributed by atoms with Gasteiger partial charge in [0, 0.05) is 32.7 Å². The fraction of sp³-hybridized carbons (Fsp3) is 1.00. The average Bonchev–Trinajstić information content (AvgIpc) is 2.34. The Morgan fingerprint density at radius 2 is 2.05 bits per heavy atom. The number of rotatable bonds is 7. The predicted octanol–water partition coefficient (Wildman–Crippen LogP) is 2.82. The van der Waals surface area contributed by atoms with Crippen molar-refractivity contribution < 1.29 is 9.84 Å². The summed E-state index contributed by atoms with van der Waals surface area (Å²) < 4.78 is 5.06. The molecule has 0 heterocycles. The lowest BCUT2D eigenvalue weighted by atomic mass is 9.74. The fourth-order valence-electron chi connectivity index (χ4n) is 3.20. The minimum Gasteiger partial charge on any atom is -0.389 e. The highest BCUT2D eigenvalue weighted by Gasteiger charge is 2.32. The van der Waals surface area contributed by atoms with Crippen LogP contribution in [0.2, 0.25) is 0 Å². The maximum atomic E-state index is 10.3. The first kappa shape index (κ1) is 16.9. The van der Waals surface area contributed by atoms with E-state index in [0.717, 1.165) is 11.8 Å². The summed E-state index contributed by atoms with van der Waals surface area (Å²) in [4.78, 5) is 0. The fourth-order valence-corrected chi connectivity index (χ4v) is 3.20. The van der Waals surface area contributed by atoms with Crippen molar-refractivity contribution in [2.24, 2.45) is 17.8 Å². The van der Waals surface area contributed by atoms with Crippen molar-refractivity contribution in [3.05, 3.63) is 0 Å². The SMILES string of the molecule is COCCC(C)(O)CNC1CC(C)CCC1C(C)C. The highest BCUT2D eigenvalue weighted by Crippen LogP contribution is 2.33. The molecule has 2 N–H and O–H groups in total. The lowest BCUT2D eigenvalue weighted by Gasteiger charge is -2.39. The number of hydrogen-bond donors (Lipinski definition) is 2. The number of ether oxygens (including phenoxy) is 1. The Labute approximate surface area is 119 Å². The molecule has 1 saturated carbocycles. The Balaban J connectivity index is 2.47. The normalized spacial score (nSPS) is 31.4. The summed E-state index contributed by atoms with van der Waals surface area (Å²) in [5, 5.41) is 14.0. The molecule has 1 rings (SSSR count). The molecule has 0 aromatic rings. The zero-order valence-corrected chi connectivity index (χ0v) is 13.4. The van der Waals surface area contributed by atoms with E-state index < -0.39 is 5.60 Å². The van der Waals surface area contributed by atoms with Crippen molar-refractivity contribution in [2.45, 2.75) is 65.0 Å². The number of aliphatic hydroxyl groups is 1. The van der Waals surface area contributed by atoms with Crippen molar-refractivity contribution in [2.75, 3.05) is 20.3 Å². The highest BCUT2D eigenvalue weighted by atomic mass is 16.5. The monoisotopic (exact) mass is 271 g/mol. The van der Waals surface area contributed by atoms with Crippen LogP contribution in [0.15, 0.2) is 0 Å². The molecule has 0 amide bonds. The van der Waals surface area contributed by atoms with Crippen molar-refractivity contribution in [3.8, 4) is 0 Å². The Morgan fingerprint density at radius 3 is 2.63 bits per heavy atom. The van der Waals surface area contributed by atoms with Crippen LogP contribution in [-0.4, -0.2) is 37.0 Å². The van der Waals surface area contributed by atoms with E-state index in [2.05, 4.69) is 26.1 Å². The van der Waals surface area contributed by atoms with Crippen LogP contribution in [0.4, 0.5) is 0 Å². The van der Waals surface area contributed by atoms with Crippen LogP contribution < -0.4 is 5.32 Å². The Bertz CT molecular complexity index is 253. The summed E-state index contributed by atoms with van der Waals surface area (Å²) in [6.45, 7) is 10.2. The molecule has 114 valence electrons.